The molecule has 0 saturated carbocycles. The van der Waals surface area contributed by atoms with E-state index in [2.05, 4.69) is 5.10 Å². The molecule has 0 atom stereocenters. The van der Waals surface area contributed by atoms with E-state index in [1.807, 2.05) is 0 Å². The van der Waals surface area contributed by atoms with Crippen molar-refractivity contribution in [2.24, 2.45) is 7.05 Å². The van der Waals surface area contributed by atoms with Crippen LogP contribution < -0.4 is 9.47 Å². The van der Waals surface area contributed by atoms with Gasteiger partial charge in [0.15, 0.2) is 17.3 Å². The van der Waals surface area contributed by atoms with E-state index < -0.39 is 11.8 Å². The largest absolute Gasteiger partial charge is 0.497 e. The molecule has 6 nitrogen and oxygen atoms in total. The summed E-state index contributed by atoms with van der Waals surface area (Å²) in [5, 5.41) is 12.7. The lowest BCUT2D eigenvalue weighted by molar-refractivity contribution is 0.0689. The summed E-state index contributed by atoms with van der Waals surface area (Å²) in [5.41, 5.74) is 0.310. The lowest BCUT2D eigenvalue weighted by atomic mass is 10.1. The SMILES string of the molecule is COc1cc(OC)c(F)c(-c2cc(C(=O)O)nn2C)c1. The van der Waals surface area contributed by atoms with Crippen molar-refractivity contribution in [1.82, 2.24) is 9.78 Å². The summed E-state index contributed by atoms with van der Waals surface area (Å²) in [5.74, 6) is -1.37. The first-order valence-electron chi connectivity index (χ1n) is 5.67. The minimum absolute atomic E-state index is 0.0115. The van der Waals surface area contributed by atoms with Crippen molar-refractivity contribution in [3.05, 3.63) is 29.7 Å². The molecule has 0 saturated heterocycles. The molecule has 0 bridgehead atoms. The monoisotopic (exact) mass is 280 g/mol. The zero-order valence-electron chi connectivity index (χ0n) is 11.2. The molecule has 1 aromatic carbocycles. The number of nitrogens with zero attached hydrogens (tertiary/aromatic N) is 2. The Balaban J connectivity index is 2.65. The number of benzene rings is 1. The second-order valence-corrected chi connectivity index (χ2v) is 4.03. The molecule has 7 heteroatoms. The molecule has 0 fully saturated rings. The summed E-state index contributed by atoms with van der Waals surface area (Å²) < 4.78 is 25.6. The molecule has 1 N–H and O–H groups in total. The third kappa shape index (κ3) is 2.29. The highest BCUT2D eigenvalue weighted by molar-refractivity contribution is 5.87. The van der Waals surface area contributed by atoms with Crippen LogP contribution in [0.3, 0.4) is 0 Å². The van der Waals surface area contributed by atoms with E-state index in [0.717, 1.165) is 0 Å². The van der Waals surface area contributed by atoms with Crippen LogP contribution in [0.15, 0.2) is 18.2 Å². The summed E-state index contributed by atoms with van der Waals surface area (Å²) in [7, 11) is 4.32. The average molecular weight is 280 g/mol. The fourth-order valence-electron chi connectivity index (χ4n) is 1.85. The van der Waals surface area contributed by atoms with Crippen molar-refractivity contribution in [3.63, 3.8) is 0 Å². The van der Waals surface area contributed by atoms with Gasteiger partial charge in [-0.2, -0.15) is 5.10 Å². The Morgan fingerprint density at radius 1 is 1.30 bits per heavy atom. The van der Waals surface area contributed by atoms with Gasteiger partial charge in [-0.25, -0.2) is 9.18 Å². The van der Waals surface area contributed by atoms with E-state index >= 15 is 0 Å². The second kappa shape index (κ2) is 5.20. The molecule has 0 amide bonds. The van der Waals surface area contributed by atoms with Gasteiger partial charge in [-0.05, 0) is 12.1 Å². The summed E-state index contributed by atoms with van der Waals surface area (Å²) in [6.07, 6.45) is 0. The van der Waals surface area contributed by atoms with E-state index in [0.29, 0.717) is 11.4 Å². The number of carbonyl (C=O) groups is 1. The van der Waals surface area contributed by atoms with Crippen LogP contribution in [-0.2, 0) is 7.05 Å². The van der Waals surface area contributed by atoms with Gasteiger partial charge in [-0.15, -0.1) is 0 Å². The van der Waals surface area contributed by atoms with E-state index in [1.165, 1.54) is 44.1 Å². The molecule has 0 aliphatic carbocycles. The molecule has 20 heavy (non-hydrogen) atoms. The minimum atomic E-state index is -1.18. The summed E-state index contributed by atoms with van der Waals surface area (Å²) in [6.45, 7) is 0. The molecular weight excluding hydrogens is 267 g/mol. The fourth-order valence-corrected chi connectivity index (χ4v) is 1.85. The van der Waals surface area contributed by atoms with E-state index in [1.54, 1.807) is 0 Å². The van der Waals surface area contributed by atoms with Gasteiger partial charge in [0, 0.05) is 18.7 Å². The van der Waals surface area contributed by atoms with Gasteiger partial charge >= 0.3 is 5.97 Å². The Labute approximate surface area is 114 Å². The zero-order chi connectivity index (χ0) is 14.9. The molecule has 0 aliphatic rings. The highest BCUT2D eigenvalue weighted by Gasteiger charge is 2.19. The van der Waals surface area contributed by atoms with Gasteiger partial charge in [-0.1, -0.05) is 0 Å². The van der Waals surface area contributed by atoms with Crippen LogP contribution >= 0.6 is 0 Å². The number of aromatic nitrogens is 2. The van der Waals surface area contributed by atoms with Crippen LogP contribution in [0.2, 0.25) is 0 Å². The predicted octanol–water partition coefficient (Wildman–Crippen LogP) is 1.94. The molecule has 2 aromatic rings. The first kappa shape index (κ1) is 13.9. The maximum Gasteiger partial charge on any atom is 0.356 e. The van der Waals surface area contributed by atoms with Gasteiger partial charge in [0.25, 0.3) is 0 Å². The third-order valence-corrected chi connectivity index (χ3v) is 2.84. The van der Waals surface area contributed by atoms with E-state index in [-0.39, 0.29) is 17.0 Å². The average Bonchev–Trinajstić information content (AvgIpc) is 2.81. The van der Waals surface area contributed by atoms with Crippen molar-refractivity contribution in [1.29, 1.82) is 0 Å². The van der Waals surface area contributed by atoms with Crippen molar-refractivity contribution in [2.45, 2.75) is 0 Å². The van der Waals surface area contributed by atoms with Crippen LogP contribution in [0.25, 0.3) is 11.3 Å². The number of aromatic carboxylic acids is 1. The summed E-state index contributed by atoms with van der Waals surface area (Å²) in [4.78, 5) is 10.9. The summed E-state index contributed by atoms with van der Waals surface area (Å²) in [6, 6.07) is 4.16. The number of carboxylic acids is 1. The molecule has 1 heterocycles. The van der Waals surface area contributed by atoms with Crippen LogP contribution in [0.4, 0.5) is 4.39 Å². The third-order valence-electron chi connectivity index (χ3n) is 2.84. The Morgan fingerprint density at radius 2 is 2.00 bits per heavy atom. The van der Waals surface area contributed by atoms with Crippen LogP contribution in [0.5, 0.6) is 11.5 Å². The first-order valence-corrected chi connectivity index (χ1v) is 5.67. The van der Waals surface area contributed by atoms with Gasteiger partial charge in [0.2, 0.25) is 0 Å². The highest BCUT2D eigenvalue weighted by atomic mass is 19.1. The number of rotatable bonds is 4. The molecule has 2 rings (SSSR count). The molecule has 0 aliphatic heterocycles. The van der Waals surface area contributed by atoms with Crippen molar-refractivity contribution in [3.8, 4) is 22.8 Å². The maximum atomic E-state index is 14.3. The van der Waals surface area contributed by atoms with Crippen molar-refractivity contribution < 1.29 is 23.8 Å². The smallest absolute Gasteiger partial charge is 0.356 e. The van der Waals surface area contributed by atoms with Crippen LogP contribution in [-0.4, -0.2) is 35.1 Å². The molecule has 0 spiro atoms. The number of methoxy groups -OCH3 is 2. The number of aryl methyl sites for hydroxylation is 1. The zero-order valence-corrected chi connectivity index (χ0v) is 11.2. The lowest BCUT2D eigenvalue weighted by Gasteiger charge is -2.10. The van der Waals surface area contributed by atoms with Crippen LogP contribution in [0.1, 0.15) is 10.5 Å². The minimum Gasteiger partial charge on any atom is -0.497 e. The van der Waals surface area contributed by atoms with Gasteiger partial charge in [-0.3, -0.25) is 4.68 Å². The Kier molecular flexibility index (Phi) is 3.60. The quantitative estimate of drug-likeness (QED) is 0.926. The molecule has 1 aromatic heterocycles. The standard InChI is InChI=1S/C13H13FN2O4/c1-16-10(6-9(15-16)13(17)18)8-4-7(19-2)5-11(20-3)12(8)14/h4-6H,1-3H3,(H,17,18). The second-order valence-electron chi connectivity index (χ2n) is 4.03. The highest BCUT2D eigenvalue weighted by Crippen LogP contribution is 2.34. The number of hydrogen-bond acceptors (Lipinski definition) is 4. The lowest BCUT2D eigenvalue weighted by Crippen LogP contribution is -2.00. The number of carboxylic acid groups (broad SMARTS) is 1. The number of hydrogen-bond donors (Lipinski definition) is 1. The number of ether oxygens (including phenoxy) is 2. The maximum absolute atomic E-state index is 14.3. The van der Waals surface area contributed by atoms with Crippen LogP contribution in [0, 0.1) is 5.82 Å². The van der Waals surface area contributed by atoms with Crippen molar-refractivity contribution >= 4 is 5.97 Å². The summed E-state index contributed by atoms with van der Waals surface area (Å²) >= 11 is 0. The Hall–Kier alpha value is -2.57. The molecule has 0 unspecified atom stereocenters. The van der Waals surface area contributed by atoms with E-state index in [4.69, 9.17) is 14.6 Å². The van der Waals surface area contributed by atoms with Gasteiger partial charge in [0.1, 0.15) is 5.75 Å². The van der Waals surface area contributed by atoms with Gasteiger partial charge in [0.05, 0.1) is 19.9 Å². The first-order chi connectivity index (χ1) is 9.47. The molecule has 106 valence electrons. The Morgan fingerprint density at radius 3 is 2.50 bits per heavy atom. The normalized spacial score (nSPS) is 10.4. The predicted molar refractivity (Wildman–Crippen MR) is 68.7 cm³/mol. The van der Waals surface area contributed by atoms with Crippen molar-refractivity contribution in [2.75, 3.05) is 14.2 Å². The molecular formula is C13H13FN2O4. The topological polar surface area (TPSA) is 73.6 Å². The van der Waals surface area contributed by atoms with Gasteiger partial charge < -0.3 is 14.6 Å². The fraction of sp³-hybridized carbons (Fsp3) is 0.231. The number of halogens is 1. The van der Waals surface area contributed by atoms with E-state index in [9.17, 15) is 9.18 Å². The Bertz CT molecular complexity index is 667. The molecule has 0 radical (unpaired) electrons.